The van der Waals surface area contributed by atoms with E-state index in [0.29, 0.717) is 13.0 Å². The molecular formula is C12H18BrClN4O. The lowest BCUT2D eigenvalue weighted by molar-refractivity contribution is -0.120. The van der Waals surface area contributed by atoms with E-state index in [4.69, 9.17) is 11.6 Å². The molecule has 1 N–H and O–H groups in total. The third-order valence-electron chi connectivity index (χ3n) is 2.95. The quantitative estimate of drug-likeness (QED) is 0.802. The number of nitrogens with zero attached hydrogens (tertiary/aromatic N) is 3. The lowest BCUT2D eigenvalue weighted by Gasteiger charge is -2.30. The monoisotopic (exact) mass is 348 g/mol. The van der Waals surface area contributed by atoms with E-state index in [1.807, 2.05) is 0 Å². The second-order valence-electron chi connectivity index (χ2n) is 4.18. The molecule has 1 rings (SSSR count). The van der Waals surface area contributed by atoms with E-state index in [1.54, 1.807) is 13.2 Å². The fraction of sp³-hybridized carbons (Fsp3) is 0.583. The standard InChI is InChI=1S/C12H18BrClN4O/c1-4-8(2)18(6-5-10(19)15-3)11-9(13)7-16-12(14)17-11/h7-8H,4-6H2,1-3H3,(H,15,19). The van der Waals surface area contributed by atoms with Crippen LogP contribution in [-0.2, 0) is 4.79 Å². The molecule has 5 nitrogen and oxygen atoms in total. The molecule has 0 saturated heterocycles. The Kier molecular flexibility index (Phi) is 6.51. The van der Waals surface area contributed by atoms with Crippen molar-refractivity contribution in [2.75, 3.05) is 18.5 Å². The zero-order valence-corrected chi connectivity index (χ0v) is 13.6. The highest BCUT2D eigenvalue weighted by molar-refractivity contribution is 9.10. The molecule has 0 aliphatic carbocycles. The first-order valence-electron chi connectivity index (χ1n) is 6.14. The van der Waals surface area contributed by atoms with Crippen molar-refractivity contribution in [3.63, 3.8) is 0 Å². The van der Waals surface area contributed by atoms with E-state index < -0.39 is 0 Å². The Balaban J connectivity index is 2.95. The van der Waals surface area contributed by atoms with Crippen LogP contribution in [0.5, 0.6) is 0 Å². The second-order valence-corrected chi connectivity index (χ2v) is 5.38. The van der Waals surface area contributed by atoms with Crippen LogP contribution in [0.1, 0.15) is 26.7 Å². The van der Waals surface area contributed by atoms with Gasteiger partial charge in [0.05, 0.1) is 4.47 Å². The molecule has 0 fully saturated rings. The Morgan fingerprint density at radius 2 is 2.32 bits per heavy atom. The minimum absolute atomic E-state index is 0.00424. The summed E-state index contributed by atoms with van der Waals surface area (Å²) in [6.45, 7) is 4.77. The predicted molar refractivity (Wildman–Crippen MR) is 80.5 cm³/mol. The van der Waals surface area contributed by atoms with E-state index >= 15 is 0 Å². The number of aromatic nitrogens is 2. The first-order chi connectivity index (χ1) is 8.99. The number of amides is 1. The summed E-state index contributed by atoms with van der Waals surface area (Å²) in [6, 6.07) is 0.256. The molecule has 7 heteroatoms. The average molecular weight is 350 g/mol. The first kappa shape index (κ1) is 16.2. The van der Waals surface area contributed by atoms with Crippen LogP contribution in [0, 0.1) is 0 Å². The third-order valence-corrected chi connectivity index (χ3v) is 3.69. The lowest BCUT2D eigenvalue weighted by atomic mass is 10.2. The molecule has 0 aliphatic rings. The molecule has 0 bridgehead atoms. The molecule has 1 amide bonds. The van der Waals surface area contributed by atoms with Gasteiger partial charge in [-0.1, -0.05) is 6.92 Å². The summed E-state index contributed by atoms with van der Waals surface area (Å²) in [5.74, 6) is 0.725. The van der Waals surface area contributed by atoms with Crippen molar-refractivity contribution in [3.8, 4) is 0 Å². The number of rotatable bonds is 6. The predicted octanol–water partition coefficient (Wildman–Crippen LogP) is 2.63. The normalized spacial score (nSPS) is 12.1. The van der Waals surface area contributed by atoms with Crippen LogP contribution in [0.2, 0.25) is 5.28 Å². The molecule has 0 aromatic carbocycles. The highest BCUT2D eigenvalue weighted by Gasteiger charge is 2.18. The number of anilines is 1. The number of nitrogens with one attached hydrogen (secondary N) is 1. The maximum atomic E-state index is 11.4. The number of carbonyl (C=O) groups excluding carboxylic acids is 1. The van der Waals surface area contributed by atoms with E-state index in [-0.39, 0.29) is 17.2 Å². The molecule has 106 valence electrons. The van der Waals surface area contributed by atoms with Crippen LogP contribution in [0.15, 0.2) is 10.7 Å². The van der Waals surface area contributed by atoms with Gasteiger partial charge in [0.2, 0.25) is 11.2 Å². The summed E-state index contributed by atoms with van der Waals surface area (Å²) >= 11 is 9.28. The smallest absolute Gasteiger partial charge is 0.224 e. The molecule has 1 unspecified atom stereocenters. The summed E-state index contributed by atoms with van der Waals surface area (Å²) in [5, 5.41) is 2.82. The van der Waals surface area contributed by atoms with Crippen LogP contribution >= 0.6 is 27.5 Å². The van der Waals surface area contributed by atoms with Gasteiger partial charge in [0.15, 0.2) is 0 Å². The molecule has 0 aliphatic heterocycles. The zero-order valence-electron chi connectivity index (χ0n) is 11.3. The van der Waals surface area contributed by atoms with Crippen LogP contribution in [0.25, 0.3) is 0 Å². The minimum atomic E-state index is 0.00424. The highest BCUT2D eigenvalue weighted by Crippen LogP contribution is 2.26. The minimum Gasteiger partial charge on any atom is -0.359 e. The summed E-state index contributed by atoms with van der Waals surface area (Å²) in [7, 11) is 1.63. The van der Waals surface area contributed by atoms with E-state index in [1.165, 1.54) is 0 Å². The summed E-state index contributed by atoms with van der Waals surface area (Å²) < 4.78 is 0.772. The molecule has 19 heavy (non-hydrogen) atoms. The van der Waals surface area contributed by atoms with Crippen molar-refractivity contribution in [3.05, 3.63) is 16.0 Å². The second kappa shape index (κ2) is 7.65. The summed E-state index contributed by atoms with van der Waals surface area (Å²) in [4.78, 5) is 21.6. The molecule has 0 radical (unpaired) electrons. The van der Waals surface area contributed by atoms with Crippen molar-refractivity contribution in [2.24, 2.45) is 0 Å². The molecule has 1 aromatic heterocycles. The van der Waals surface area contributed by atoms with Crippen LogP contribution in [-0.4, -0.2) is 35.5 Å². The van der Waals surface area contributed by atoms with Gasteiger partial charge in [-0.2, -0.15) is 4.98 Å². The van der Waals surface area contributed by atoms with E-state index in [2.05, 4.69) is 50.0 Å². The fourth-order valence-electron chi connectivity index (χ4n) is 1.64. The molecule has 0 spiro atoms. The molecule has 1 heterocycles. The maximum absolute atomic E-state index is 11.4. The Morgan fingerprint density at radius 1 is 1.63 bits per heavy atom. The maximum Gasteiger partial charge on any atom is 0.224 e. The topological polar surface area (TPSA) is 58.1 Å². The number of hydrogen-bond acceptors (Lipinski definition) is 4. The lowest BCUT2D eigenvalue weighted by Crippen LogP contribution is -2.37. The molecular weight excluding hydrogens is 332 g/mol. The zero-order chi connectivity index (χ0) is 14.4. The highest BCUT2D eigenvalue weighted by atomic mass is 79.9. The van der Waals surface area contributed by atoms with Crippen molar-refractivity contribution in [2.45, 2.75) is 32.7 Å². The Bertz CT molecular complexity index is 444. The van der Waals surface area contributed by atoms with Crippen molar-refractivity contribution in [1.29, 1.82) is 0 Å². The van der Waals surface area contributed by atoms with Crippen molar-refractivity contribution >= 4 is 39.3 Å². The number of halogens is 2. The van der Waals surface area contributed by atoms with Crippen LogP contribution in [0.4, 0.5) is 5.82 Å². The Labute approximate surface area is 126 Å². The number of hydrogen-bond donors (Lipinski definition) is 1. The van der Waals surface area contributed by atoms with Gasteiger partial charge in [-0.15, -0.1) is 0 Å². The van der Waals surface area contributed by atoms with Crippen molar-refractivity contribution in [1.82, 2.24) is 15.3 Å². The third kappa shape index (κ3) is 4.62. The van der Waals surface area contributed by atoms with Gasteiger partial charge in [-0.3, -0.25) is 4.79 Å². The van der Waals surface area contributed by atoms with E-state index in [9.17, 15) is 4.79 Å². The summed E-state index contributed by atoms with van der Waals surface area (Å²) in [5.41, 5.74) is 0. The molecule has 1 aromatic rings. The molecule has 0 saturated carbocycles. The van der Waals surface area contributed by atoms with Gasteiger partial charge < -0.3 is 10.2 Å². The van der Waals surface area contributed by atoms with Crippen LogP contribution in [0.3, 0.4) is 0 Å². The van der Waals surface area contributed by atoms with Crippen molar-refractivity contribution < 1.29 is 4.79 Å². The average Bonchev–Trinajstić information content (AvgIpc) is 2.41. The SMILES string of the molecule is CCC(C)N(CCC(=O)NC)c1nc(Cl)ncc1Br. The van der Waals surface area contributed by atoms with Gasteiger partial charge in [-0.25, -0.2) is 4.98 Å². The fourth-order valence-corrected chi connectivity index (χ4v) is 2.19. The largest absolute Gasteiger partial charge is 0.359 e. The van der Waals surface area contributed by atoms with Gasteiger partial charge >= 0.3 is 0 Å². The number of carbonyl (C=O) groups is 1. The molecule has 1 atom stereocenters. The van der Waals surface area contributed by atoms with Crippen LogP contribution < -0.4 is 10.2 Å². The first-order valence-corrected chi connectivity index (χ1v) is 7.32. The van der Waals surface area contributed by atoms with Gasteiger partial charge in [0, 0.05) is 32.3 Å². The van der Waals surface area contributed by atoms with Gasteiger partial charge in [0.25, 0.3) is 0 Å². The Hall–Kier alpha value is -0.880. The van der Waals surface area contributed by atoms with Gasteiger partial charge in [0.1, 0.15) is 5.82 Å². The van der Waals surface area contributed by atoms with Gasteiger partial charge in [-0.05, 0) is 40.9 Å². The van der Waals surface area contributed by atoms with E-state index in [0.717, 1.165) is 16.7 Å². The summed E-state index contributed by atoms with van der Waals surface area (Å²) in [6.07, 6.45) is 2.98. The Morgan fingerprint density at radius 3 is 2.89 bits per heavy atom.